The maximum atomic E-state index is 12.7. The van der Waals surface area contributed by atoms with Crippen LogP contribution in [0.5, 0.6) is 0 Å². The van der Waals surface area contributed by atoms with E-state index < -0.39 is 16.0 Å². The number of carbonyl (C=O) groups is 1. The van der Waals surface area contributed by atoms with Gasteiger partial charge in [-0.05, 0) is 60.7 Å². The summed E-state index contributed by atoms with van der Waals surface area (Å²) in [4.78, 5) is 15.1. The Hall–Kier alpha value is -3.45. The third-order valence-electron chi connectivity index (χ3n) is 5.15. The first-order chi connectivity index (χ1) is 16.0. The predicted molar refractivity (Wildman–Crippen MR) is 130 cm³/mol. The summed E-state index contributed by atoms with van der Waals surface area (Å²) in [6, 6.07) is 19.5. The summed E-state index contributed by atoms with van der Waals surface area (Å²) in [6.07, 6.45) is 10.2. The highest BCUT2D eigenvalue weighted by atomic mass is 32.2. The molecule has 0 saturated heterocycles. The largest absolute Gasteiger partial charge is 0.481 e. The summed E-state index contributed by atoms with van der Waals surface area (Å²) in [7, 11) is -3.68. The number of carboxylic acids is 1. The lowest BCUT2D eigenvalue weighted by atomic mass is 9.97. The third-order valence-corrected chi connectivity index (χ3v) is 6.54. The first kappa shape index (κ1) is 24.2. The zero-order valence-electron chi connectivity index (χ0n) is 18.4. The average molecular weight is 465 g/mol. The Kier molecular flexibility index (Phi) is 8.78. The van der Waals surface area contributed by atoms with Crippen molar-refractivity contribution in [2.24, 2.45) is 0 Å². The van der Waals surface area contributed by atoms with Gasteiger partial charge in [0.25, 0.3) is 10.0 Å². The van der Waals surface area contributed by atoms with Crippen LogP contribution in [0, 0.1) is 0 Å². The second-order valence-corrected chi connectivity index (χ2v) is 9.39. The van der Waals surface area contributed by atoms with Gasteiger partial charge in [-0.1, -0.05) is 55.3 Å². The average Bonchev–Trinajstić information content (AvgIpc) is 2.82. The summed E-state index contributed by atoms with van der Waals surface area (Å²) in [5, 5.41) is 8.74. The number of aliphatic carboxylic acids is 1. The van der Waals surface area contributed by atoms with Gasteiger partial charge < -0.3 is 5.11 Å². The molecule has 0 aliphatic rings. The number of unbranched alkanes of at least 4 members (excludes halogenated alkanes) is 4. The number of pyridine rings is 1. The number of hydrogen-bond acceptors (Lipinski definition) is 4. The topological polar surface area (TPSA) is 96.4 Å². The minimum atomic E-state index is -3.68. The molecule has 0 atom stereocenters. The number of hydrogen-bond donors (Lipinski definition) is 2. The molecule has 0 radical (unpaired) electrons. The lowest BCUT2D eigenvalue weighted by Crippen LogP contribution is -2.12. The van der Waals surface area contributed by atoms with Gasteiger partial charge >= 0.3 is 5.97 Å². The SMILES string of the molecule is O=C(O)CCCCCC/C=C(/c1cccnc1)c1cccc(NS(=O)(=O)c2ccccc2)c1. The van der Waals surface area contributed by atoms with Crippen LogP contribution >= 0.6 is 0 Å². The van der Waals surface area contributed by atoms with E-state index in [0.717, 1.165) is 42.4 Å². The molecule has 7 heteroatoms. The molecule has 0 bridgehead atoms. The number of allylic oxidation sites excluding steroid dienone is 1. The molecule has 172 valence electrons. The van der Waals surface area contributed by atoms with Crippen LogP contribution in [0.3, 0.4) is 0 Å². The van der Waals surface area contributed by atoms with E-state index in [9.17, 15) is 13.2 Å². The maximum absolute atomic E-state index is 12.7. The molecule has 2 N–H and O–H groups in total. The maximum Gasteiger partial charge on any atom is 0.303 e. The van der Waals surface area contributed by atoms with E-state index in [1.54, 1.807) is 48.8 Å². The summed E-state index contributed by atoms with van der Waals surface area (Å²) in [5.41, 5.74) is 3.31. The molecule has 0 saturated carbocycles. The van der Waals surface area contributed by atoms with Gasteiger partial charge in [0, 0.05) is 30.1 Å². The molecule has 2 aromatic carbocycles. The Morgan fingerprint density at radius 1 is 0.909 bits per heavy atom. The monoisotopic (exact) mass is 464 g/mol. The number of aromatic nitrogens is 1. The van der Waals surface area contributed by atoms with Crippen LogP contribution < -0.4 is 4.72 Å². The number of nitrogens with zero attached hydrogens (tertiary/aromatic N) is 1. The number of sulfonamides is 1. The number of anilines is 1. The molecule has 0 amide bonds. The van der Waals surface area contributed by atoms with E-state index in [1.807, 2.05) is 30.3 Å². The Balaban J connectivity index is 1.76. The minimum Gasteiger partial charge on any atom is -0.481 e. The fourth-order valence-corrected chi connectivity index (χ4v) is 4.58. The van der Waals surface area contributed by atoms with Crippen LogP contribution in [0.25, 0.3) is 5.57 Å². The first-order valence-corrected chi connectivity index (χ1v) is 12.4. The van der Waals surface area contributed by atoms with Crippen LogP contribution in [-0.2, 0) is 14.8 Å². The van der Waals surface area contributed by atoms with Crippen LogP contribution in [0.1, 0.15) is 49.7 Å². The van der Waals surface area contributed by atoms with E-state index in [2.05, 4.69) is 15.8 Å². The van der Waals surface area contributed by atoms with E-state index >= 15 is 0 Å². The van der Waals surface area contributed by atoms with Gasteiger partial charge in [-0.3, -0.25) is 14.5 Å². The van der Waals surface area contributed by atoms with Crippen LogP contribution in [0.15, 0.2) is 90.1 Å². The van der Waals surface area contributed by atoms with Crippen molar-refractivity contribution in [1.29, 1.82) is 0 Å². The van der Waals surface area contributed by atoms with Gasteiger partial charge in [-0.15, -0.1) is 0 Å². The van der Waals surface area contributed by atoms with Gasteiger partial charge in [0.05, 0.1) is 4.90 Å². The van der Waals surface area contributed by atoms with Crippen molar-refractivity contribution in [3.05, 3.63) is 96.3 Å². The molecule has 0 aliphatic heterocycles. The quantitative estimate of drug-likeness (QED) is 0.333. The molecule has 1 heterocycles. The van der Waals surface area contributed by atoms with Crippen molar-refractivity contribution >= 4 is 27.3 Å². The number of nitrogens with one attached hydrogen (secondary N) is 1. The highest BCUT2D eigenvalue weighted by Crippen LogP contribution is 2.27. The normalized spacial score (nSPS) is 11.8. The second kappa shape index (κ2) is 12.0. The Bertz CT molecular complexity index is 1180. The van der Waals surface area contributed by atoms with Crippen molar-refractivity contribution in [3.63, 3.8) is 0 Å². The third kappa shape index (κ3) is 7.57. The van der Waals surface area contributed by atoms with E-state index in [1.165, 1.54) is 0 Å². The van der Waals surface area contributed by atoms with Gasteiger partial charge in [-0.2, -0.15) is 0 Å². The second-order valence-electron chi connectivity index (χ2n) is 7.71. The van der Waals surface area contributed by atoms with Crippen molar-refractivity contribution in [2.45, 2.75) is 43.4 Å². The van der Waals surface area contributed by atoms with Crippen molar-refractivity contribution in [3.8, 4) is 0 Å². The molecule has 0 spiro atoms. The van der Waals surface area contributed by atoms with Crippen molar-refractivity contribution in [2.75, 3.05) is 4.72 Å². The molecule has 0 aliphatic carbocycles. The molecule has 3 rings (SSSR count). The van der Waals surface area contributed by atoms with Gasteiger partial charge in [-0.25, -0.2) is 8.42 Å². The summed E-state index contributed by atoms with van der Waals surface area (Å²) in [5.74, 6) is -0.753. The van der Waals surface area contributed by atoms with Crippen LogP contribution in [0.2, 0.25) is 0 Å². The summed E-state index contributed by atoms with van der Waals surface area (Å²) in [6.45, 7) is 0. The van der Waals surface area contributed by atoms with Crippen LogP contribution in [0.4, 0.5) is 5.69 Å². The van der Waals surface area contributed by atoms with E-state index in [-0.39, 0.29) is 11.3 Å². The Morgan fingerprint density at radius 2 is 1.67 bits per heavy atom. The highest BCUT2D eigenvalue weighted by Gasteiger charge is 2.14. The fraction of sp³-hybridized carbons (Fsp3) is 0.231. The fourth-order valence-electron chi connectivity index (χ4n) is 3.51. The number of rotatable bonds is 12. The number of benzene rings is 2. The Morgan fingerprint density at radius 3 is 2.39 bits per heavy atom. The van der Waals surface area contributed by atoms with Crippen LogP contribution in [-0.4, -0.2) is 24.5 Å². The standard InChI is InChI=1S/C26H28N2O4S/c29-26(30)17-8-3-1-2-7-16-25(22-12-10-18-27-20-22)21-11-9-13-23(19-21)28-33(31,32)24-14-5-4-6-15-24/h4-6,9-16,18-20,28H,1-3,7-8,17H2,(H,29,30)/b25-16+. The van der Waals surface area contributed by atoms with Gasteiger partial charge in [0.15, 0.2) is 0 Å². The summed E-state index contributed by atoms with van der Waals surface area (Å²) < 4.78 is 28.1. The van der Waals surface area contributed by atoms with Gasteiger partial charge in [0.2, 0.25) is 0 Å². The lowest BCUT2D eigenvalue weighted by molar-refractivity contribution is -0.137. The smallest absolute Gasteiger partial charge is 0.303 e. The zero-order chi connectivity index (χ0) is 23.5. The van der Waals surface area contributed by atoms with Gasteiger partial charge in [0.1, 0.15) is 0 Å². The molecule has 1 aromatic heterocycles. The predicted octanol–water partition coefficient (Wildman–Crippen LogP) is 5.74. The molecule has 6 nitrogen and oxygen atoms in total. The van der Waals surface area contributed by atoms with E-state index in [4.69, 9.17) is 5.11 Å². The molecular weight excluding hydrogens is 436 g/mol. The minimum absolute atomic E-state index is 0.210. The summed E-state index contributed by atoms with van der Waals surface area (Å²) >= 11 is 0. The molecule has 0 unspecified atom stereocenters. The highest BCUT2D eigenvalue weighted by molar-refractivity contribution is 7.92. The Labute approximate surface area is 195 Å². The lowest BCUT2D eigenvalue weighted by Gasteiger charge is -2.12. The first-order valence-electron chi connectivity index (χ1n) is 11.0. The van der Waals surface area contributed by atoms with Crippen molar-refractivity contribution in [1.82, 2.24) is 4.98 Å². The van der Waals surface area contributed by atoms with E-state index in [0.29, 0.717) is 12.1 Å². The molecule has 0 fully saturated rings. The molecule has 3 aromatic rings. The van der Waals surface area contributed by atoms with Crippen molar-refractivity contribution < 1.29 is 18.3 Å². The molecular formula is C26H28N2O4S. The molecule has 33 heavy (non-hydrogen) atoms. The number of carboxylic acid groups (broad SMARTS) is 1. The zero-order valence-corrected chi connectivity index (χ0v) is 19.2.